The number of thiazole rings is 1. The van der Waals surface area contributed by atoms with Crippen LogP contribution < -0.4 is 5.32 Å². The first-order valence-electron chi connectivity index (χ1n) is 7.88. The van der Waals surface area contributed by atoms with Crippen molar-refractivity contribution in [2.24, 2.45) is 0 Å². The van der Waals surface area contributed by atoms with Crippen LogP contribution in [-0.2, 0) is 17.0 Å². The van der Waals surface area contributed by atoms with Crippen LogP contribution >= 0.6 is 46.3 Å². The van der Waals surface area contributed by atoms with Gasteiger partial charge < -0.3 is 5.32 Å². The van der Waals surface area contributed by atoms with E-state index < -0.39 is 0 Å². The summed E-state index contributed by atoms with van der Waals surface area (Å²) in [5.74, 6) is 0.612. The van der Waals surface area contributed by atoms with Gasteiger partial charge in [0.2, 0.25) is 5.91 Å². The summed E-state index contributed by atoms with van der Waals surface area (Å²) >= 11 is 15.3. The summed E-state index contributed by atoms with van der Waals surface area (Å²) in [5, 5.41) is 7.03. The molecule has 134 valence electrons. The topological polar surface area (TPSA) is 42.0 Å². The zero-order valence-corrected chi connectivity index (χ0v) is 17.1. The normalized spacial score (nSPS) is 10.7. The number of anilines is 1. The molecule has 0 spiro atoms. The summed E-state index contributed by atoms with van der Waals surface area (Å²) < 4.78 is 0. The van der Waals surface area contributed by atoms with E-state index in [4.69, 9.17) is 23.2 Å². The fraction of sp³-hybridized carbons (Fsp3) is 0.158. The van der Waals surface area contributed by atoms with Crippen LogP contribution in [0.5, 0.6) is 0 Å². The lowest BCUT2D eigenvalue weighted by Crippen LogP contribution is -2.15. The highest BCUT2D eigenvalue weighted by molar-refractivity contribution is 7.98. The second kappa shape index (κ2) is 8.91. The van der Waals surface area contributed by atoms with Crippen molar-refractivity contribution in [3.8, 4) is 0 Å². The molecule has 0 aliphatic carbocycles. The van der Waals surface area contributed by atoms with Crippen LogP contribution in [0.25, 0.3) is 0 Å². The van der Waals surface area contributed by atoms with Crippen molar-refractivity contribution < 1.29 is 4.79 Å². The van der Waals surface area contributed by atoms with Crippen molar-refractivity contribution in [3.63, 3.8) is 0 Å². The van der Waals surface area contributed by atoms with Crippen LogP contribution in [-0.4, -0.2) is 10.9 Å². The van der Waals surface area contributed by atoms with Crippen LogP contribution in [0.1, 0.15) is 16.3 Å². The smallest absolute Gasteiger partial charge is 0.231 e. The monoisotopic (exact) mass is 422 g/mol. The number of carbonyl (C=O) groups excluding carboxylic acids is 1. The molecule has 26 heavy (non-hydrogen) atoms. The first kappa shape index (κ1) is 19.2. The Bertz CT molecular complexity index is 927. The van der Waals surface area contributed by atoms with Gasteiger partial charge in [-0.2, -0.15) is 0 Å². The Morgan fingerprint density at radius 2 is 2.04 bits per heavy atom. The number of rotatable bonds is 6. The van der Waals surface area contributed by atoms with Gasteiger partial charge in [-0.1, -0.05) is 41.4 Å². The molecule has 3 rings (SSSR count). The molecule has 0 aliphatic heterocycles. The summed E-state index contributed by atoms with van der Waals surface area (Å²) in [6.45, 7) is 1.97. The van der Waals surface area contributed by atoms with E-state index in [-0.39, 0.29) is 12.3 Å². The van der Waals surface area contributed by atoms with Crippen LogP contribution in [0.3, 0.4) is 0 Å². The first-order chi connectivity index (χ1) is 12.5. The van der Waals surface area contributed by atoms with E-state index in [1.54, 1.807) is 23.9 Å². The number of aromatic nitrogens is 1. The molecule has 0 saturated heterocycles. The van der Waals surface area contributed by atoms with Crippen LogP contribution in [0, 0.1) is 6.92 Å². The van der Waals surface area contributed by atoms with Crippen molar-refractivity contribution in [3.05, 3.63) is 74.2 Å². The minimum absolute atomic E-state index is 0.0641. The highest BCUT2D eigenvalue weighted by atomic mass is 35.5. The van der Waals surface area contributed by atoms with Gasteiger partial charge in [0.1, 0.15) is 5.01 Å². The third-order valence-electron chi connectivity index (χ3n) is 3.60. The second-order valence-corrected chi connectivity index (χ2v) is 8.44. The SMILES string of the molecule is Cc1ccccc1NC(=O)Cc1nc(CSc2cc(Cl)ccc2Cl)cs1. The third-order valence-corrected chi connectivity index (χ3v) is 6.26. The molecule has 3 nitrogen and oxygen atoms in total. The number of thioether (sulfide) groups is 1. The molecule has 0 radical (unpaired) electrons. The standard InChI is InChI=1S/C19H16Cl2N2OS2/c1-12-4-2-3-5-16(12)23-18(24)9-19-22-14(11-26-19)10-25-17-8-13(20)6-7-15(17)21/h2-8,11H,9-10H2,1H3,(H,23,24). The molecular formula is C19H16Cl2N2OS2. The highest BCUT2D eigenvalue weighted by Crippen LogP contribution is 2.32. The summed E-state index contributed by atoms with van der Waals surface area (Å²) in [6.07, 6.45) is 0.265. The Hall–Kier alpha value is -1.53. The Morgan fingerprint density at radius 1 is 1.23 bits per heavy atom. The van der Waals surface area contributed by atoms with E-state index in [1.807, 2.05) is 42.6 Å². The lowest BCUT2D eigenvalue weighted by atomic mass is 10.2. The zero-order valence-electron chi connectivity index (χ0n) is 14.0. The van der Waals surface area contributed by atoms with Crippen molar-refractivity contribution in [2.45, 2.75) is 24.0 Å². The van der Waals surface area contributed by atoms with E-state index in [0.717, 1.165) is 26.8 Å². The molecule has 0 fully saturated rings. The van der Waals surface area contributed by atoms with Gasteiger partial charge in [-0.25, -0.2) is 4.98 Å². The van der Waals surface area contributed by atoms with E-state index in [1.165, 1.54) is 11.3 Å². The van der Waals surface area contributed by atoms with Gasteiger partial charge in [-0.15, -0.1) is 23.1 Å². The first-order valence-corrected chi connectivity index (χ1v) is 10.5. The van der Waals surface area contributed by atoms with E-state index >= 15 is 0 Å². The predicted molar refractivity (Wildman–Crippen MR) is 112 cm³/mol. The lowest BCUT2D eigenvalue weighted by molar-refractivity contribution is -0.115. The molecule has 0 unspecified atom stereocenters. The number of halogens is 2. The molecule has 1 N–H and O–H groups in total. The Kier molecular flexibility index (Phi) is 6.59. The Balaban J connectivity index is 1.57. The highest BCUT2D eigenvalue weighted by Gasteiger charge is 2.10. The van der Waals surface area contributed by atoms with Gasteiger partial charge in [0, 0.05) is 26.7 Å². The maximum atomic E-state index is 12.2. The van der Waals surface area contributed by atoms with Gasteiger partial charge in [0.15, 0.2) is 0 Å². The van der Waals surface area contributed by atoms with Crippen molar-refractivity contribution in [1.29, 1.82) is 0 Å². The number of nitrogens with zero attached hydrogens (tertiary/aromatic N) is 1. The van der Waals surface area contributed by atoms with Crippen molar-refractivity contribution >= 4 is 57.9 Å². The average Bonchev–Trinajstić information content (AvgIpc) is 3.05. The molecule has 0 saturated carbocycles. The summed E-state index contributed by atoms with van der Waals surface area (Å²) in [4.78, 5) is 17.7. The number of benzene rings is 2. The maximum Gasteiger partial charge on any atom is 0.231 e. The fourth-order valence-corrected chi connectivity index (χ4v) is 4.56. The molecule has 0 aliphatic rings. The molecule has 7 heteroatoms. The largest absolute Gasteiger partial charge is 0.325 e. The number of amides is 1. The predicted octanol–water partition coefficient (Wildman–Crippen LogP) is 6.23. The third kappa shape index (κ3) is 5.24. The summed E-state index contributed by atoms with van der Waals surface area (Å²) in [6, 6.07) is 13.1. The molecule has 3 aromatic rings. The van der Waals surface area contributed by atoms with Crippen LogP contribution in [0.15, 0.2) is 52.7 Å². The Morgan fingerprint density at radius 3 is 2.85 bits per heavy atom. The van der Waals surface area contributed by atoms with Gasteiger partial charge in [0.25, 0.3) is 0 Å². The van der Waals surface area contributed by atoms with Crippen LogP contribution in [0.4, 0.5) is 5.69 Å². The van der Waals surface area contributed by atoms with E-state index in [0.29, 0.717) is 15.8 Å². The lowest BCUT2D eigenvalue weighted by Gasteiger charge is -2.06. The number of aryl methyl sites for hydroxylation is 1. The van der Waals surface area contributed by atoms with Gasteiger partial charge in [0.05, 0.1) is 17.1 Å². The maximum absolute atomic E-state index is 12.2. The quantitative estimate of drug-likeness (QED) is 0.478. The molecule has 2 aromatic carbocycles. The zero-order chi connectivity index (χ0) is 18.5. The minimum Gasteiger partial charge on any atom is -0.325 e. The molecule has 1 heterocycles. The van der Waals surface area contributed by atoms with Gasteiger partial charge in [-0.3, -0.25) is 4.79 Å². The van der Waals surface area contributed by atoms with Gasteiger partial charge in [-0.05, 0) is 36.8 Å². The van der Waals surface area contributed by atoms with Crippen LogP contribution in [0.2, 0.25) is 10.0 Å². The fourth-order valence-electron chi connectivity index (χ4n) is 2.28. The van der Waals surface area contributed by atoms with E-state index in [9.17, 15) is 4.79 Å². The minimum atomic E-state index is -0.0641. The average molecular weight is 423 g/mol. The number of para-hydroxylation sites is 1. The molecule has 1 amide bonds. The van der Waals surface area contributed by atoms with E-state index in [2.05, 4.69) is 10.3 Å². The van der Waals surface area contributed by atoms with Crippen molar-refractivity contribution in [1.82, 2.24) is 4.98 Å². The summed E-state index contributed by atoms with van der Waals surface area (Å²) in [7, 11) is 0. The molecule has 0 bridgehead atoms. The number of hydrogen-bond acceptors (Lipinski definition) is 4. The van der Waals surface area contributed by atoms with Crippen molar-refractivity contribution in [2.75, 3.05) is 5.32 Å². The number of carbonyl (C=O) groups is 1. The second-order valence-electron chi connectivity index (χ2n) is 5.64. The Labute approximate surface area is 170 Å². The number of hydrogen-bond donors (Lipinski definition) is 1. The molecule has 1 aromatic heterocycles. The molecule has 0 atom stereocenters. The van der Waals surface area contributed by atoms with Gasteiger partial charge >= 0.3 is 0 Å². The summed E-state index contributed by atoms with van der Waals surface area (Å²) in [5.41, 5.74) is 2.80. The number of nitrogens with one attached hydrogen (secondary N) is 1. The molecular weight excluding hydrogens is 407 g/mol.